The van der Waals surface area contributed by atoms with E-state index in [1.807, 2.05) is 53.9 Å². The van der Waals surface area contributed by atoms with Gasteiger partial charge in [-0.15, -0.1) is 11.3 Å². The first kappa shape index (κ1) is 17.3. The van der Waals surface area contributed by atoms with Crippen LogP contribution >= 0.6 is 11.3 Å². The Balaban J connectivity index is 1.37. The summed E-state index contributed by atoms with van der Waals surface area (Å²) in [5.74, 6) is -1.73. The second kappa shape index (κ2) is 6.39. The highest BCUT2D eigenvalue weighted by Crippen LogP contribution is 2.51. The molecule has 1 aromatic carbocycles. The molecular weight excluding hydrogens is 376 g/mol. The smallest absolute Gasteiger partial charge is 0.261 e. The average molecular weight is 394 g/mol. The number of fused-ring (bicyclic) bond motifs is 5. The Morgan fingerprint density at radius 2 is 1.96 bits per heavy atom. The summed E-state index contributed by atoms with van der Waals surface area (Å²) in [6.07, 6.45) is 3.27. The van der Waals surface area contributed by atoms with Gasteiger partial charge in [-0.25, -0.2) is 0 Å². The molecule has 4 atom stereocenters. The summed E-state index contributed by atoms with van der Waals surface area (Å²) in [7, 11) is 0. The summed E-state index contributed by atoms with van der Waals surface area (Å²) < 4.78 is 6.04. The molecule has 7 heteroatoms. The second-order valence-corrected chi connectivity index (χ2v) is 8.26. The highest BCUT2D eigenvalue weighted by Gasteiger charge is 2.67. The highest BCUT2D eigenvalue weighted by molar-refractivity contribution is 7.12. The van der Waals surface area contributed by atoms with Gasteiger partial charge in [0, 0.05) is 0 Å². The Hall–Kier alpha value is -2.77. The summed E-state index contributed by atoms with van der Waals surface area (Å²) in [6, 6.07) is 13.0. The molecule has 0 radical (unpaired) electrons. The van der Waals surface area contributed by atoms with Crippen LogP contribution in [0.1, 0.15) is 15.2 Å². The third-order valence-electron chi connectivity index (χ3n) is 5.70. The second-order valence-electron chi connectivity index (χ2n) is 7.31. The Bertz CT molecular complexity index is 972. The zero-order valence-electron chi connectivity index (χ0n) is 14.9. The first-order valence-electron chi connectivity index (χ1n) is 9.17. The predicted octanol–water partition coefficient (Wildman–Crippen LogP) is 1.99. The molecule has 3 aliphatic heterocycles. The zero-order valence-corrected chi connectivity index (χ0v) is 15.7. The van der Waals surface area contributed by atoms with E-state index in [2.05, 4.69) is 5.32 Å². The summed E-state index contributed by atoms with van der Waals surface area (Å²) >= 11 is 1.35. The van der Waals surface area contributed by atoms with Crippen molar-refractivity contribution in [3.63, 3.8) is 0 Å². The Kier molecular flexibility index (Phi) is 3.96. The fourth-order valence-electron chi connectivity index (χ4n) is 4.40. The van der Waals surface area contributed by atoms with Gasteiger partial charge in [0.05, 0.1) is 35.9 Å². The van der Waals surface area contributed by atoms with Crippen LogP contribution in [0.4, 0.5) is 0 Å². The monoisotopic (exact) mass is 394 g/mol. The lowest BCUT2D eigenvalue weighted by molar-refractivity contribution is -0.144. The van der Waals surface area contributed by atoms with Crippen LogP contribution < -0.4 is 5.32 Å². The van der Waals surface area contributed by atoms with Crippen molar-refractivity contribution in [1.29, 1.82) is 0 Å². The Morgan fingerprint density at radius 3 is 2.71 bits per heavy atom. The van der Waals surface area contributed by atoms with Crippen molar-refractivity contribution in [2.45, 2.75) is 18.2 Å². The average Bonchev–Trinajstić information content (AvgIpc) is 3.48. The zero-order chi connectivity index (χ0) is 19.3. The number of nitrogens with zero attached hydrogens (tertiary/aromatic N) is 1. The molecule has 1 N–H and O–H groups in total. The first-order chi connectivity index (χ1) is 13.6. The standard InChI is InChI=1S/C21H18N2O4S/c24-18(15-7-4-10-28-15)22-12-21-9-8-14(27-21)16-17(21)20(26)23(19(16)25)11-13-5-2-1-3-6-13/h1-10,14,16-17H,11-12H2,(H,22,24). The number of imide groups is 1. The van der Waals surface area contributed by atoms with Crippen molar-refractivity contribution in [2.24, 2.45) is 11.8 Å². The van der Waals surface area contributed by atoms with E-state index >= 15 is 0 Å². The topological polar surface area (TPSA) is 75.7 Å². The van der Waals surface area contributed by atoms with Gasteiger partial charge in [-0.1, -0.05) is 48.6 Å². The molecule has 2 aromatic rings. The highest BCUT2D eigenvalue weighted by atomic mass is 32.1. The van der Waals surface area contributed by atoms with Crippen LogP contribution in [0, 0.1) is 11.8 Å². The number of hydrogen-bond donors (Lipinski definition) is 1. The molecule has 6 nitrogen and oxygen atoms in total. The number of carbonyl (C=O) groups is 3. The number of thiophene rings is 1. The number of amides is 3. The van der Waals surface area contributed by atoms with E-state index in [0.29, 0.717) is 4.88 Å². The summed E-state index contributed by atoms with van der Waals surface area (Å²) in [6.45, 7) is 0.423. The van der Waals surface area contributed by atoms with Gasteiger partial charge in [-0.05, 0) is 17.0 Å². The van der Waals surface area contributed by atoms with Crippen molar-refractivity contribution in [3.05, 3.63) is 70.4 Å². The minimum Gasteiger partial charge on any atom is -0.360 e. The third kappa shape index (κ3) is 2.54. The van der Waals surface area contributed by atoms with Crippen LogP contribution in [0.25, 0.3) is 0 Å². The fourth-order valence-corrected chi connectivity index (χ4v) is 5.04. The molecule has 4 unspecified atom stereocenters. The molecule has 0 spiro atoms. The molecule has 0 saturated carbocycles. The Labute approximate surface area is 165 Å². The lowest BCUT2D eigenvalue weighted by Gasteiger charge is -2.29. The van der Waals surface area contributed by atoms with Gasteiger partial charge >= 0.3 is 0 Å². The SMILES string of the molecule is O=C(NCC12C=CC(O1)C1C(=O)N(Cc3ccccc3)C(=O)C12)c1cccs1. The molecule has 0 aliphatic carbocycles. The quantitative estimate of drug-likeness (QED) is 0.622. The largest absolute Gasteiger partial charge is 0.360 e. The van der Waals surface area contributed by atoms with Crippen LogP contribution in [-0.2, 0) is 20.9 Å². The van der Waals surface area contributed by atoms with E-state index in [0.717, 1.165) is 5.56 Å². The number of hydrogen-bond acceptors (Lipinski definition) is 5. The van der Waals surface area contributed by atoms with Gasteiger partial charge in [0.1, 0.15) is 5.60 Å². The number of ether oxygens (including phenoxy) is 1. The summed E-state index contributed by atoms with van der Waals surface area (Å²) in [5.41, 5.74) is -0.0501. The van der Waals surface area contributed by atoms with Crippen LogP contribution in [-0.4, -0.2) is 40.9 Å². The van der Waals surface area contributed by atoms with Crippen LogP contribution in [0.5, 0.6) is 0 Å². The lowest BCUT2D eigenvalue weighted by atomic mass is 9.77. The molecule has 3 aliphatic rings. The van der Waals surface area contributed by atoms with Gasteiger partial charge < -0.3 is 10.1 Å². The van der Waals surface area contributed by atoms with Crippen molar-refractivity contribution in [2.75, 3.05) is 6.54 Å². The minimum absolute atomic E-state index is 0.163. The number of nitrogens with one attached hydrogen (secondary N) is 1. The number of rotatable bonds is 5. The first-order valence-corrected chi connectivity index (χ1v) is 10.0. The van der Waals surface area contributed by atoms with Crippen molar-refractivity contribution >= 4 is 29.1 Å². The predicted molar refractivity (Wildman–Crippen MR) is 102 cm³/mol. The van der Waals surface area contributed by atoms with Crippen molar-refractivity contribution in [1.82, 2.24) is 10.2 Å². The molecule has 5 rings (SSSR count). The van der Waals surface area contributed by atoms with E-state index in [9.17, 15) is 14.4 Å². The number of carbonyl (C=O) groups excluding carboxylic acids is 3. The van der Waals surface area contributed by atoms with Crippen molar-refractivity contribution in [3.8, 4) is 0 Å². The molecule has 2 bridgehead atoms. The molecule has 2 saturated heterocycles. The summed E-state index contributed by atoms with van der Waals surface area (Å²) in [5, 5.41) is 4.71. The number of benzene rings is 1. The molecular formula is C21H18N2O4S. The summed E-state index contributed by atoms with van der Waals surface area (Å²) in [4.78, 5) is 40.4. The van der Waals surface area contributed by atoms with Gasteiger partial charge in [0.15, 0.2) is 0 Å². The van der Waals surface area contributed by atoms with Crippen LogP contribution in [0.2, 0.25) is 0 Å². The van der Waals surface area contributed by atoms with Crippen molar-refractivity contribution < 1.29 is 19.1 Å². The molecule has 142 valence electrons. The van der Waals surface area contributed by atoms with Gasteiger partial charge in [-0.3, -0.25) is 19.3 Å². The lowest BCUT2D eigenvalue weighted by Crippen LogP contribution is -2.48. The van der Waals surface area contributed by atoms with Crippen LogP contribution in [0.15, 0.2) is 60.0 Å². The van der Waals surface area contributed by atoms with E-state index in [1.54, 1.807) is 6.07 Å². The molecule has 28 heavy (non-hydrogen) atoms. The molecule has 3 amide bonds. The van der Waals surface area contributed by atoms with Gasteiger partial charge in [-0.2, -0.15) is 0 Å². The molecule has 1 aromatic heterocycles. The maximum absolute atomic E-state index is 13.2. The number of likely N-dealkylation sites (tertiary alicyclic amines) is 1. The maximum atomic E-state index is 13.2. The van der Waals surface area contributed by atoms with E-state index in [1.165, 1.54) is 16.2 Å². The minimum atomic E-state index is -0.958. The van der Waals surface area contributed by atoms with Gasteiger partial charge in [0.2, 0.25) is 11.8 Å². The Morgan fingerprint density at radius 1 is 1.14 bits per heavy atom. The van der Waals surface area contributed by atoms with Gasteiger partial charge in [0.25, 0.3) is 5.91 Å². The van der Waals surface area contributed by atoms with E-state index in [-0.39, 0.29) is 30.8 Å². The molecule has 4 heterocycles. The van der Waals surface area contributed by atoms with Crippen LogP contribution in [0.3, 0.4) is 0 Å². The normalized spacial score (nSPS) is 30.1. The van der Waals surface area contributed by atoms with E-state index < -0.39 is 23.5 Å². The maximum Gasteiger partial charge on any atom is 0.261 e. The molecule has 2 fully saturated rings. The van der Waals surface area contributed by atoms with E-state index in [4.69, 9.17) is 4.74 Å². The fraction of sp³-hybridized carbons (Fsp3) is 0.286. The third-order valence-corrected chi connectivity index (χ3v) is 6.57.